The van der Waals surface area contributed by atoms with Crippen molar-refractivity contribution in [3.8, 4) is 0 Å². The molecule has 1 saturated heterocycles. The Hall–Kier alpha value is -2.86. The van der Waals surface area contributed by atoms with Crippen LogP contribution < -0.4 is 16.0 Å². The van der Waals surface area contributed by atoms with Gasteiger partial charge in [-0.3, -0.25) is 9.69 Å². The summed E-state index contributed by atoms with van der Waals surface area (Å²) in [6, 6.07) is 20.0. The van der Waals surface area contributed by atoms with Crippen molar-refractivity contribution < 1.29 is 9.59 Å². The number of likely N-dealkylation sites (tertiary alicyclic amines) is 1. The van der Waals surface area contributed by atoms with E-state index in [1.165, 1.54) is 5.56 Å². The molecule has 4 rings (SSSR count). The van der Waals surface area contributed by atoms with Crippen LogP contribution in [0.2, 0.25) is 0 Å². The number of nitrogens with zero attached hydrogens (tertiary/aromatic N) is 1. The Morgan fingerprint density at radius 2 is 1.57 bits per heavy atom. The summed E-state index contributed by atoms with van der Waals surface area (Å²) < 4.78 is 0. The Balaban J connectivity index is 1.15. The first-order valence-corrected chi connectivity index (χ1v) is 10.8. The van der Waals surface area contributed by atoms with Crippen molar-refractivity contribution in [3.05, 3.63) is 66.2 Å². The van der Waals surface area contributed by atoms with Gasteiger partial charge in [0.05, 0.1) is 6.54 Å². The van der Waals surface area contributed by atoms with Crippen molar-refractivity contribution >= 4 is 17.6 Å². The van der Waals surface area contributed by atoms with Gasteiger partial charge in [0.2, 0.25) is 5.91 Å². The highest BCUT2D eigenvalue weighted by Crippen LogP contribution is 2.47. The average Bonchev–Trinajstić information content (AvgIpc) is 3.56. The van der Waals surface area contributed by atoms with E-state index in [1.54, 1.807) is 0 Å². The summed E-state index contributed by atoms with van der Waals surface area (Å²) >= 11 is 0. The first kappa shape index (κ1) is 20.4. The monoisotopic (exact) mass is 406 g/mol. The molecule has 2 fully saturated rings. The van der Waals surface area contributed by atoms with Crippen molar-refractivity contribution in [2.24, 2.45) is 0 Å². The van der Waals surface area contributed by atoms with Gasteiger partial charge in [-0.1, -0.05) is 48.5 Å². The van der Waals surface area contributed by atoms with Gasteiger partial charge in [0.1, 0.15) is 0 Å². The number of carbonyl (C=O) groups excluding carboxylic acids is 2. The van der Waals surface area contributed by atoms with Gasteiger partial charge in [0.25, 0.3) is 0 Å². The standard InChI is InChI=1S/C24H30N4O2/c29-22(26-20-9-5-2-6-10-20)17-28-15-11-21(12-16-28)27-23(30)25-18-24(13-14-24)19-7-3-1-4-8-19/h1-10,21H,11-18H2,(H,26,29)(H2,25,27,30). The maximum absolute atomic E-state index is 12.4. The predicted octanol–water partition coefficient (Wildman–Crippen LogP) is 3.12. The van der Waals surface area contributed by atoms with Gasteiger partial charge in [-0.05, 0) is 43.4 Å². The fourth-order valence-electron chi connectivity index (χ4n) is 4.16. The third kappa shape index (κ3) is 5.39. The summed E-state index contributed by atoms with van der Waals surface area (Å²) in [6.07, 6.45) is 3.97. The van der Waals surface area contributed by atoms with Crippen LogP contribution in [0.4, 0.5) is 10.5 Å². The topological polar surface area (TPSA) is 73.5 Å². The number of hydrogen-bond acceptors (Lipinski definition) is 3. The molecular formula is C24H30N4O2. The molecule has 1 saturated carbocycles. The smallest absolute Gasteiger partial charge is 0.315 e. The molecule has 0 radical (unpaired) electrons. The van der Waals surface area contributed by atoms with E-state index >= 15 is 0 Å². The lowest BCUT2D eigenvalue weighted by molar-refractivity contribution is -0.117. The van der Waals surface area contributed by atoms with Crippen molar-refractivity contribution in [1.29, 1.82) is 0 Å². The van der Waals surface area contributed by atoms with Crippen LogP contribution in [0, 0.1) is 0 Å². The summed E-state index contributed by atoms with van der Waals surface area (Å²) in [5, 5.41) is 9.10. The molecule has 1 aliphatic carbocycles. The van der Waals surface area contributed by atoms with Crippen LogP contribution in [0.5, 0.6) is 0 Å². The van der Waals surface area contributed by atoms with E-state index in [4.69, 9.17) is 0 Å². The summed E-state index contributed by atoms with van der Waals surface area (Å²) in [5.41, 5.74) is 2.25. The molecule has 0 bridgehead atoms. The summed E-state index contributed by atoms with van der Waals surface area (Å²) in [5.74, 6) is 0.000922. The zero-order valence-corrected chi connectivity index (χ0v) is 17.3. The zero-order valence-electron chi connectivity index (χ0n) is 17.3. The summed E-state index contributed by atoms with van der Waals surface area (Å²) in [6.45, 7) is 2.68. The number of piperidine rings is 1. The number of nitrogens with one attached hydrogen (secondary N) is 3. The second-order valence-corrected chi connectivity index (χ2v) is 8.44. The largest absolute Gasteiger partial charge is 0.337 e. The zero-order chi connectivity index (χ0) is 20.8. The second kappa shape index (κ2) is 9.30. The van der Waals surface area contributed by atoms with Crippen molar-refractivity contribution in [2.45, 2.75) is 37.1 Å². The van der Waals surface area contributed by atoms with Crippen LogP contribution in [0.25, 0.3) is 0 Å². The normalized spacial score (nSPS) is 18.4. The Kier molecular flexibility index (Phi) is 6.33. The Labute approximate surface area is 178 Å². The van der Waals surface area contributed by atoms with Crippen molar-refractivity contribution in [3.63, 3.8) is 0 Å². The van der Waals surface area contributed by atoms with Crippen molar-refractivity contribution in [2.75, 3.05) is 31.5 Å². The van der Waals surface area contributed by atoms with Gasteiger partial charge >= 0.3 is 6.03 Å². The number of urea groups is 1. The molecule has 0 unspecified atom stereocenters. The molecule has 1 aliphatic heterocycles. The number of rotatable bonds is 7. The first-order chi connectivity index (χ1) is 14.6. The van der Waals surface area contributed by atoms with E-state index in [-0.39, 0.29) is 23.4 Å². The molecule has 0 aromatic heterocycles. The molecule has 2 aromatic carbocycles. The van der Waals surface area contributed by atoms with Gasteiger partial charge in [-0.15, -0.1) is 0 Å². The maximum Gasteiger partial charge on any atom is 0.315 e. The molecule has 0 atom stereocenters. The van der Waals surface area contributed by atoms with Crippen LogP contribution in [-0.2, 0) is 10.2 Å². The van der Waals surface area contributed by atoms with Crippen molar-refractivity contribution in [1.82, 2.24) is 15.5 Å². The van der Waals surface area contributed by atoms with Gasteiger partial charge in [-0.25, -0.2) is 4.79 Å². The lowest BCUT2D eigenvalue weighted by Crippen LogP contribution is -2.50. The van der Waals surface area contributed by atoms with E-state index in [0.29, 0.717) is 13.1 Å². The van der Waals surface area contributed by atoms with Crippen LogP contribution in [0.3, 0.4) is 0 Å². The fraction of sp³-hybridized carbons (Fsp3) is 0.417. The highest BCUT2D eigenvalue weighted by molar-refractivity contribution is 5.92. The molecule has 6 nitrogen and oxygen atoms in total. The number of anilines is 1. The van der Waals surface area contributed by atoms with Gasteiger partial charge in [-0.2, -0.15) is 0 Å². The van der Waals surface area contributed by atoms with Gasteiger partial charge in [0, 0.05) is 36.8 Å². The number of amides is 3. The van der Waals surface area contributed by atoms with E-state index in [1.807, 2.05) is 36.4 Å². The predicted molar refractivity (Wildman–Crippen MR) is 118 cm³/mol. The van der Waals surface area contributed by atoms with E-state index in [9.17, 15) is 9.59 Å². The van der Waals surface area contributed by atoms with E-state index < -0.39 is 0 Å². The van der Waals surface area contributed by atoms with Crippen LogP contribution in [0.1, 0.15) is 31.2 Å². The minimum absolute atomic E-state index is 0.000922. The Morgan fingerprint density at radius 3 is 2.20 bits per heavy atom. The fourth-order valence-corrected chi connectivity index (χ4v) is 4.16. The maximum atomic E-state index is 12.4. The van der Waals surface area contributed by atoms with Crippen LogP contribution >= 0.6 is 0 Å². The lowest BCUT2D eigenvalue weighted by atomic mass is 9.96. The molecule has 2 aliphatic rings. The second-order valence-electron chi connectivity index (χ2n) is 8.44. The molecule has 158 valence electrons. The number of benzene rings is 2. The molecule has 1 heterocycles. The minimum atomic E-state index is -0.0857. The molecular weight excluding hydrogens is 376 g/mol. The van der Waals surface area contributed by atoms with Crippen LogP contribution in [-0.4, -0.2) is 49.1 Å². The summed E-state index contributed by atoms with van der Waals surface area (Å²) in [7, 11) is 0. The molecule has 3 N–H and O–H groups in total. The van der Waals surface area contributed by atoms with E-state index in [0.717, 1.165) is 44.5 Å². The number of carbonyl (C=O) groups is 2. The lowest BCUT2D eigenvalue weighted by Gasteiger charge is -2.32. The van der Waals surface area contributed by atoms with Crippen LogP contribution in [0.15, 0.2) is 60.7 Å². The molecule has 30 heavy (non-hydrogen) atoms. The molecule has 3 amide bonds. The summed E-state index contributed by atoms with van der Waals surface area (Å²) in [4.78, 5) is 26.7. The highest BCUT2D eigenvalue weighted by atomic mass is 16.2. The molecule has 0 spiro atoms. The van der Waals surface area contributed by atoms with E-state index in [2.05, 4.69) is 45.1 Å². The molecule has 2 aromatic rings. The highest BCUT2D eigenvalue weighted by Gasteiger charge is 2.44. The van der Waals surface area contributed by atoms with Gasteiger partial charge in [0.15, 0.2) is 0 Å². The Morgan fingerprint density at radius 1 is 0.933 bits per heavy atom. The third-order valence-corrected chi connectivity index (χ3v) is 6.17. The first-order valence-electron chi connectivity index (χ1n) is 10.8. The average molecular weight is 407 g/mol. The van der Waals surface area contributed by atoms with Gasteiger partial charge < -0.3 is 16.0 Å². The number of para-hydroxylation sites is 1. The molecule has 6 heteroatoms. The Bertz CT molecular complexity index is 844. The quantitative estimate of drug-likeness (QED) is 0.661. The minimum Gasteiger partial charge on any atom is -0.337 e. The SMILES string of the molecule is O=C(CN1CCC(NC(=O)NCC2(c3ccccc3)CC2)CC1)Nc1ccccc1. The number of hydrogen-bond donors (Lipinski definition) is 3. The third-order valence-electron chi connectivity index (χ3n) is 6.17.